The molecule has 3 N–H and O–H groups in total. The maximum Gasteiger partial charge on any atom is 0.176 e. The SMILES string of the molecule is C=CC[C@H](N)c1cc(Cl)c(O)c(OC)c1.Cl. The zero-order valence-electron chi connectivity index (χ0n) is 8.94. The van der Waals surface area contributed by atoms with E-state index in [-0.39, 0.29) is 29.2 Å². The van der Waals surface area contributed by atoms with Gasteiger partial charge in [-0.25, -0.2) is 0 Å². The molecular weight excluding hydrogens is 249 g/mol. The third-order valence-corrected chi connectivity index (χ3v) is 2.41. The Bertz CT molecular complexity index is 369. The number of ether oxygens (including phenoxy) is 1. The van der Waals surface area contributed by atoms with Crippen LogP contribution in [0.4, 0.5) is 0 Å². The molecule has 1 aromatic rings. The first-order valence-electron chi connectivity index (χ1n) is 4.53. The van der Waals surface area contributed by atoms with Gasteiger partial charge in [0.25, 0.3) is 0 Å². The number of aromatic hydroxyl groups is 1. The molecule has 0 fully saturated rings. The zero-order chi connectivity index (χ0) is 11.4. The van der Waals surface area contributed by atoms with Crippen molar-refractivity contribution in [2.75, 3.05) is 7.11 Å². The van der Waals surface area contributed by atoms with Crippen LogP contribution in [0.5, 0.6) is 11.5 Å². The molecule has 0 heterocycles. The number of hydrogen-bond acceptors (Lipinski definition) is 3. The highest BCUT2D eigenvalue weighted by atomic mass is 35.5. The summed E-state index contributed by atoms with van der Waals surface area (Å²) in [5.41, 5.74) is 6.70. The Hall–Kier alpha value is -0.900. The lowest BCUT2D eigenvalue weighted by Gasteiger charge is -2.13. The molecule has 1 rings (SSSR count). The summed E-state index contributed by atoms with van der Waals surface area (Å²) in [7, 11) is 1.47. The van der Waals surface area contributed by atoms with E-state index in [2.05, 4.69) is 6.58 Å². The Kier molecular flexibility index (Phi) is 6.26. The van der Waals surface area contributed by atoms with Crippen molar-refractivity contribution in [2.45, 2.75) is 12.5 Å². The normalized spacial score (nSPS) is 11.4. The van der Waals surface area contributed by atoms with Crippen molar-refractivity contribution in [3.63, 3.8) is 0 Å². The first-order chi connectivity index (χ1) is 7.10. The average molecular weight is 264 g/mol. The molecule has 0 saturated heterocycles. The minimum absolute atomic E-state index is 0. The maximum absolute atomic E-state index is 9.52. The van der Waals surface area contributed by atoms with Gasteiger partial charge in [-0.05, 0) is 24.1 Å². The quantitative estimate of drug-likeness (QED) is 0.822. The highest BCUT2D eigenvalue weighted by Gasteiger charge is 2.12. The van der Waals surface area contributed by atoms with Crippen molar-refractivity contribution in [1.82, 2.24) is 0 Å². The van der Waals surface area contributed by atoms with Crippen LogP contribution in [0.2, 0.25) is 5.02 Å². The summed E-state index contributed by atoms with van der Waals surface area (Å²) in [6, 6.07) is 3.12. The van der Waals surface area contributed by atoms with Gasteiger partial charge in [0.1, 0.15) is 0 Å². The molecule has 16 heavy (non-hydrogen) atoms. The first kappa shape index (κ1) is 15.1. The van der Waals surface area contributed by atoms with Gasteiger partial charge < -0.3 is 15.6 Å². The van der Waals surface area contributed by atoms with Crippen LogP contribution < -0.4 is 10.5 Å². The molecule has 0 amide bonds. The molecule has 0 unspecified atom stereocenters. The fourth-order valence-corrected chi connectivity index (χ4v) is 1.50. The topological polar surface area (TPSA) is 55.5 Å². The molecule has 3 nitrogen and oxygen atoms in total. The molecule has 0 aromatic heterocycles. The summed E-state index contributed by atoms with van der Waals surface area (Å²) < 4.78 is 4.98. The van der Waals surface area contributed by atoms with E-state index in [9.17, 15) is 5.11 Å². The van der Waals surface area contributed by atoms with Crippen LogP contribution in [0.1, 0.15) is 18.0 Å². The molecule has 0 bridgehead atoms. The summed E-state index contributed by atoms with van der Waals surface area (Å²) in [5, 5.41) is 9.76. The summed E-state index contributed by atoms with van der Waals surface area (Å²) in [6.07, 6.45) is 2.38. The highest BCUT2D eigenvalue weighted by Crippen LogP contribution is 2.36. The molecule has 0 aliphatic rings. The molecule has 5 heteroatoms. The van der Waals surface area contributed by atoms with E-state index in [0.717, 1.165) is 5.56 Å². The van der Waals surface area contributed by atoms with Crippen molar-refractivity contribution >= 4 is 24.0 Å². The van der Waals surface area contributed by atoms with Gasteiger partial charge >= 0.3 is 0 Å². The van der Waals surface area contributed by atoms with E-state index >= 15 is 0 Å². The molecule has 0 aliphatic carbocycles. The lowest BCUT2D eigenvalue weighted by molar-refractivity contribution is 0.372. The number of phenols is 1. The molecule has 0 saturated carbocycles. The smallest absolute Gasteiger partial charge is 0.176 e. The summed E-state index contributed by atoms with van der Waals surface area (Å²) >= 11 is 5.83. The van der Waals surface area contributed by atoms with Gasteiger partial charge in [0.05, 0.1) is 12.1 Å². The van der Waals surface area contributed by atoms with Crippen molar-refractivity contribution in [3.05, 3.63) is 35.4 Å². The standard InChI is InChI=1S/C11H14ClNO2.ClH/c1-3-4-9(13)7-5-8(12)11(14)10(6-7)15-2;/h3,5-6,9,14H,1,4,13H2,2H3;1H/t9-;/m0./s1. The average Bonchev–Trinajstić information content (AvgIpc) is 2.22. The van der Waals surface area contributed by atoms with Crippen molar-refractivity contribution in [1.29, 1.82) is 0 Å². The van der Waals surface area contributed by atoms with E-state index in [0.29, 0.717) is 12.2 Å². The Morgan fingerprint density at radius 1 is 1.62 bits per heavy atom. The zero-order valence-corrected chi connectivity index (χ0v) is 10.5. The van der Waals surface area contributed by atoms with Gasteiger partial charge in [0.2, 0.25) is 0 Å². The van der Waals surface area contributed by atoms with Crippen LogP contribution in [-0.4, -0.2) is 12.2 Å². The van der Waals surface area contributed by atoms with Crippen LogP contribution >= 0.6 is 24.0 Å². The van der Waals surface area contributed by atoms with Crippen LogP contribution in [0.25, 0.3) is 0 Å². The fourth-order valence-electron chi connectivity index (χ4n) is 1.28. The lowest BCUT2D eigenvalue weighted by atomic mass is 10.0. The molecule has 90 valence electrons. The number of hydrogen-bond donors (Lipinski definition) is 2. The summed E-state index contributed by atoms with van der Waals surface area (Å²) in [6.45, 7) is 3.62. The van der Waals surface area contributed by atoms with Crippen molar-refractivity contribution < 1.29 is 9.84 Å². The second-order valence-corrected chi connectivity index (χ2v) is 3.59. The highest BCUT2D eigenvalue weighted by molar-refractivity contribution is 6.32. The number of benzene rings is 1. The molecule has 1 aromatic carbocycles. The monoisotopic (exact) mass is 263 g/mol. The van der Waals surface area contributed by atoms with Gasteiger partial charge in [-0.2, -0.15) is 0 Å². The van der Waals surface area contributed by atoms with E-state index in [4.69, 9.17) is 22.1 Å². The first-order valence-corrected chi connectivity index (χ1v) is 4.90. The third-order valence-electron chi connectivity index (χ3n) is 2.12. The second-order valence-electron chi connectivity index (χ2n) is 3.18. The number of nitrogens with two attached hydrogens (primary N) is 1. The summed E-state index contributed by atoms with van der Waals surface area (Å²) in [4.78, 5) is 0. The van der Waals surface area contributed by atoms with Gasteiger partial charge in [0, 0.05) is 6.04 Å². The van der Waals surface area contributed by atoms with Gasteiger partial charge in [-0.3, -0.25) is 0 Å². The third kappa shape index (κ3) is 3.30. The lowest BCUT2D eigenvalue weighted by Crippen LogP contribution is -2.09. The number of methoxy groups -OCH3 is 1. The van der Waals surface area contributed by atoms with E-state index in [1.54, 1.807) is 18.2 Å². The van der Waals surface area contributed by atoms with Crippen LogP contribution in [0, 0.1) is 0 Å². The Morgan fingerprint density at radius 3 is 2.75 bits per heavy atom. The predicted molar refractivity (Wildman–Crippen MR) is 68.7 cm³/mol. The number of rotatable bonds is 4. The van der Waals surface area contributed by atoms with E-state index < -0.39 is 0 Å². The van der Waals surface area contributed by atoms with E-state index in [1.165, 1.54) is 7.11 Å². The fraction of sp³-hybridized carbons (Fsp3) is 0.273. The number of halogens is 2. The summed E-state index contributed by atoms with van der Waals surface area (Å²) in [5.74, 6) is 0.269. The largest absolute Gasteiger partial charge is 0.503 e. The molecule has 1 atom stereocenters. The Labute approximate surface area is 106 Å². The second kappa shape index (κ2) is 6.63. The van der Waals surface area contributed by atoms with Gasteiger partial charge in [-0.15, -0.1) is 19.0 Å². The molecule has 0 aliphatic heterocycles. The van der Waals surface area contributed by atoms with Gasteiger partial charge in [0.15, 0.2) is 11.5 Å². The van der Waals surface area contributed by atoms with Crippen LogP contribution in [0.15, 0.2) is 24.8 Å². The molecule has 0 radical (unpaired) electrons. The number of phenolic OH excluding ortho intramolecular Hbond substituents is 1. The predicted octanol–water partition coefficient (Wildman–Crippen LogP) is 3.05. The Balaban J connectivity index is 0.00000225. The molecular formula is C11H15Cl2NO2. The van der Waals surface area contributed by atoms with E-state index in [1.807, 2.05) is 0 Å². The van der Waals surface area contributed by atoms with Gasteiger partial charge in [-0.1, -0.05) is 17.7 Å². The van der Waals surface area contributed by atoms with Crippen molar-refractivity contribution in [2.24, 2.45) is 5.73 Å². The Morgan fingerprint density at radius 2 is 2.25 bits per heavy atom. The van der Waals surface area contributed by atoms with Crippen molar-refractivity contribution in [3.8, 4) is 11.5 Å². The maximum atomic E-state index is 9.52. The molecule has 0 spiro atoms. The minimum Gasteiger partial charge on any atom is -0.503 e. The van der Waals surface area contributed by atoms with Crippen LogP contribution in [0.3, 0.4) is 0 Å². The minimum atomic E-state index is -0.186. The van der Waals surface area contributed by atoms with Crippen LogP contribution in [-0.2, 0) is 0 Å².